The van der Waals surface area contributed by atoms with Crippen LogP contribution in [-0.2, 0) is 9.84 Å². The van der Waals surface area contributed by atoms with Crippen LogP contribution < -0.4 is 0 Å². The fourth-order valence-electron chi connectivity index (χ4n) is 0.987. The molecule has 0 aromatic heterocycles. The van der Waals surface area contributed by atoms with Gasteiger partial charge in [-0.3, -0.25) is 0 Å². The standard InChI is InChI=1S/C9H8ClNO2S/c10-8-4-1-2-5-9(8)14(12,13)7-3-6-11/h1-2,4-5H,3,7H2. The summed E-state index contributed by atoms with van der Waals surface area (Å²) >= 11 is 5.73. The largest absolute Gasteiger partial charge is 0.224 e. The molecule has 0 aliphatic rings. The van der Waals surface area contributed by atoms with E-state index in [0.29, 0.717) is 0 Å². The van der Waals surface area contributed by atoms with Gasteiger partial charge in [-0.05, 0) is 12.1 Å². The van der Waals surface area contributed by atoms with Crippen molar-refractivity contribution in [2.24, 2.45) is 0 Å². The maximum absolute atomic E-state index is 11.6. The minimum Gasteiger partial charge on any atom is -0.224 e. The molecule has 0 heterocycles. The molecule has 0 spiro atoms. The smallest absolute Gasteiger partial charge is 0.180 e. The molecular formula is C9H8ClNO2S. The Hall–Kier alpha value is -1.05. The van der Waals surface area contributed by atoms with E-state index in [1.165, 1.54) is 12.1 Å². The van der Waals surface area contributed by atoms with Gasteiger partial charge in [-0.1, -0.05) is 23.7 Å². The molecule has 1 aromatic rings. The molecule has 0 saturated heterocycles. The average molecular weight is 230 g/mol. The highest BCUT2D eigenvalue weighted by molar-refractivity contribution is 7.91. The maximum atomic E-state index is 11.6. The van der Waals surface area contributed by atoms with Gasteiger partial charge in [0.15, 0.2) is 9.84 Å². The number of nitrogens with zero attached hydrogens (tertiary/aromatic N) is 1. The molecule has 0 N–H and O–H groups in total. The molecule has 0 aliphatic heterocycles. The van der Waals surface area contributed by atoms with Crippen molar-refractivity contribution < 1.29 is 8.42 Å². The Morgan fingerprint density at radius 3 is 2.57 bits per heavy atom. The van der Waals surface area contributed by atoms with E-state index in [2.05, 4.69) is 0 Å². The highest BCUT2D eigenvalue weighted by Gasteiger charge is 2.16. The number of hydrogen-bond acceptors (Lipinski definition) is 3. The molecule has 0 saturated carbocycles. The lowest BCUT2D eigenvalue weighted by atomic mass is 10.4. The molecular weight excluding hydrogens is 222 g/mol. The predicted molar refractivity (Wildman–Crippen MR) is 53.7 cm³/mol. The molecule has 0 aliphatic carbocycles. The first-order valence-corrected chi connectivity index (χ1v) is 5.95. The summed E-state index contributed by atoms with van der Waals surface area (Å²) in [5.74, 6) is -0.187. The summed E-state index contributed by atoms with van der Waals surface area (Å²) in [6.07, 6.45) is -0.0203. The van der Waals surface area contributed by atoms with Gasteiger partial charge in [-0.2, -0.15) is 5.26 Å². The third-order valence-corrected chi connectivity index (χ3v) is 3.86. The third kappa shape index (κ3) is 2.47. The highest BCUT2D eigenvalue weighted by atomic mass is 35.5. The van der Waals surface area contributed by atoms with Crippen LogP contribution in [0.2, 0.25) is 5.02 Å². The molecule has 14 heavy (non-hydrogen) atoms. The first-order chi connectivity index (χ1) is 6.58. The molecule has 1 aromatic carbocycles. The number of halogens is 1. The Kier molecular flexibility index (Phi) is 3.50. The molecule has 0 amide bonds. The normalized spacial score (nSPS) is 10.9. The summed E-state index contributed by atoms with van der Waals surface area (Å²) in [6.45, 7) is 0. The van der Waals surface area contributed by atoms with Gasteiger partial charge in [-0.25, -0.2) is 8.42 Å². The van der Waals surface area contributed by atoms with Gasteiger partial charge in [0.25, 0.3) is 0 Å². The molecule has 0 fully saturated rings. The zero-order valence-corrected chi connectivity index (χ0v) is 8.85. The Morgan fingerprint density at radius 1 is 1.36 bits per heavy atom. The molecule has 3 nitrogen and oxygen atoms in total. The lowest BCUT2D eigenvalue weighted by Gasteiger charge is -2.03. The van der Waals surface area contributed by atoms with Crippen LogP contribution in [0.3, 0.4) is 0 Å². The second-order valence-electron chi connectivity index (χ2n) is 2.66. The first-order valence-electron chi connectivity index (χ1n) is 3.92. The number of hydrogen-bond donors (Lipinski definition) is 0. The van der Waals surface area contributed by atoms with Crippen LogP contribution in [-0.4, -0.2) is 14.2 Å². The van der Waals surface area contributed by atoms with Crippen molar-refractivity contribution in [3.05, 3.63) is 29.3 Å². The van der Waals surface area contributed by atoms with Crippen molar-refractivity contribution in [3.63, 3.8) is 0 Å². The van der Waals surface area contributed by atoms with Crippen molar-refractivity contribution >= 4 is 21.4 Å². The van der Waals surface area contributed by atoms with Gasteiger partial charge in [0, 0.05) is 6.42 Å². The Bertz CT molecular complexity index is 462. The number of sulfone groups is 1. The second kappa shape index (κ2) is 4.45. The van der Waals surface area contributed by atoms with Crippen LogP contribution >= 0.6 is 11.6 Å². The zero-order chi connectivity index (χ0) is 10.6. The van der Waals surface area contributed by atoms with E-state index >= 15 is 0 Å². The van der Waals surface area contributed by atoms with Gasteiger partial charge in [0.1, 0.15) is 0 Å². The number of benzene rings is 1. The summed E-state index contributed by atoms with van der Waals surface area (Å²) in [7, 11) is -3.41. The molecule has 0 bridgehead atoms. The monoisotopic (exact) mass is 229 g/mol. The van der Waals surface area contributed by atoms with Gasteiger partial charge in [0.05, 0.1) is 21.7 Å². The van der Waals surface area contributed by atoms with Crippen LogP contribution in [0.4, 0.5) is 0 Å². The zero-order valence-electron chi connectivity index (χ0n) is 7.27. The molecule has 0 radical (unpaired) electrons. The van der Waals surface area contributed by atoms with E-state index in [1.807, 2.05) is 0 Å². The third-order valence-electron chi connectivity index (χ3n) is 1.65. The maximum Gasteiger partial charge on any atom is 0.180 e. The van der Waals surface area contributed by atoms with Crippen molar-refractivity contribution in [2.75, 3.05) is 5.75 Å². The first kappa shape index (κ1) is 11.0. The minimum atomic E-state index is -3.41. The second-order valence-corrected chi connectivity index (χ2v) is 5.14. The Labute approximate surface area is 87.8 Å². The van der Waals surface area contributed by atoms with Gasteiger partial charge >= 0.3 is 0 Å². The lowest BCUT2D eigenvalue weighted by molar-refractivity contribution is 0.596. The van der Waals surface area contributed by atoms with Gasteiger partial charge in [0.2, 0.25) is 0 Å². The summed E-state index contributed by atoms with van der Waals surface area (Å²) in [5.41, 5.74) is 0. The van der Waals surface area contributed by atoms with E-state index in [1.54, 1.807) is 18.2 Å². The molecule has 0 atom stereocenters. The SMILES string of the molecule is N#CCCS(=O)(=O)c1ccccc1Cl. The van der Waals surface area contributed by atoms with Crippen LogP contribution in [0, 0.1) is 11.3 Å². The number of rotatable bonds is 3. The summed E-state index contributed by atoms with van der Waals surface area (Å²) < 4.78 is 23.2. The van der Waals surface area contributed by atoms with Gasteiger partial charge in [-0.15, -0.1) is 0 Å². The van der Waals surface area contributed by atoms with E-state index in [4.69, 9.17) is 16.9 Å². The topological polar surface area (TPSA) is 57.9 Å². The summed E-state index contributed by atoms with van der Waals surface area (Å²) in [4.78, 5) is 0.0944. The van der Waals surface area contributed by atoms with Crippen molar-refractivity contribution in [1.82, 2.24) is 0 Å². The Balaban J connectivity index is 3.06. The lowest BCUT2D eigenvalue weighted by Crippen LogP contribution is -2.06. The summed E-state index contributed by atoms with van der Waals surface area (Å²) in [5, 5.41) is 8.50. The minimum absolute atomic E-state index is 0.0203. The van der Waals surface area contributed by atoms with Crippen LogP contribution in [0.15, 0.2) is 29.2 Å². The van der Waals surface area contributed by atoms with Crippen LogP contribution in [0.1, 0.15) is 6.42 Å². The van der Waals surface area contributed by atoms with Crippen LogP contribution in [0.25, 0.3) is 0 Å². The van der Waals surface area contributed by atoms with Crippen molar-refractivity contribution in [2.45, 2.75) is 11.3 Å². The van der Waals surface area contributed by atoms with E-state index < -0.39 is 9.84 Å². The van der Waals surface area contributed by atoms with E-state index in [9.17, 15) is 8.42 Å². The average Bonchev–Trinajstić information content (AvgIpc) is 2.15. The molecule has 5 heteroatoms. The number of nitriles is 1. The molecule has 74 valence electrons. The van der Waals surface area contributed by atoms with Gasteiger partial charge < -0.3 is 0 Å². The fourth-order valence-corrected chi connectivity index (χ4v) is 2.71. The molecule has 1 rings (SSSR count). The van der Waals surface area contributed by atoms with Crippen molar-refractivity contribution in [1.29, 1.82) is 5.26 Å². The van der Waals surface area contributed by atoms with E-state index in [-0.39, 0.29) is 22.1 Å². The highest BCUT2D eigenvalue weighted by Crippen LogP contribution is 2.21. The Morgan fingerprint density at radius 2 is 2.00 bits per heavy atom. The van der Waals surface area contributed by atoms with Crippen LogP contribution in [0.5, 0.6) is 0 Å². The molecule has 0 unspecified atom stereocenters. The van der Waals surface area contributed by atoms with E-state index in [0.717, 1.165) is 0 Å². The predicted octanol–water partition coefficient (Wildman–Crippen LogP) is 2.03. The quantitative estimate of drug-likeness (QED) is 0.797. The fraction of sp³-hybridized carbons (Fsp3) is 0.222. The van der Waals surface area contributed by atoms with Crippen molar-refractivity contribution in [3.8, 4) is 6.07 Å². The summed E-state index contributed by atoms with van der Waals surface area (Å²) in [6, 6.07) is 8.01.